The van der Waals surface area contributed by atoms with Crippen LogP contribution in [0.4, 0.5) is 10.5 Å². The third-order valence-corrected chi connectivity index (χ3v) is 4.27. The van der Waals surface area contributed by atoms with Crippen molar-refractivity contribution in [1.29, 1.82) is 0 Å². The van der Waals surface area contributed by atoms with Gasteiger partial charge in [-0.3, -0.25) is 0 Å². The summed E-state index contributed by atoms with van der Waals surface area (Å²) in [6.45, 7) is 13.9. The molecular weight excluding hydrogens is 286 g/mol. The van der Waals surface area contributed by atoms with Gasteiger partial charge in [0.25, 0.3) is 0 Å². The van der Waals surface area contributed by atoms with Gasteiger partial charge in [0.05, 0.1) is 0 Å². The van der Waals surface area contributed by atoms with E-state index in [1.807, 2.05) is 11.0 Å². The molecule has 0 saturated carbocycles. The van der Waals surface area contributed by atoms with E-state index in [2.05, 4.69) is 63.0 Å². The quantitative estimate of drug-likeness (QED) is 0.903. The van der Waals surface area contributed by atoms with Crippen LogP contribution in [0.25, 0.3) is 0 Å². The summed E-state index contributed by atoms with van der Waals surface area (Å²) in [6.07, 6.45) is 3.77. The van der Waals surface area contributed by atoms with E-state index >= 15 is 0 Å². The SMILES string of the molecule is Cc1cccc(N2CCN(C(=O)N/C=C/C(C)(C)C)CC2)c1C. The fraction of sp³-hybridized carbons (Fsp3) is 0.526. The number of nitrogens with one attached hydrogen (secondary N) is 1. The van der Waals surface area contributed by atoms with Crippen molar-refractivity contribution in [1.82, 2.24) is 10.2 Å². The van der Waals surface area contributed by atoms with Gasteiger partial charge < -0.3 is 15.1 Å². The minimum atomic E-state index is -0.00823. The first-order chi connectivity index (χ1) is 10.8. The first-order valence-corrected chi connectivity index (χ1v) is 8.32. The van der Waals surface area contributed by atoms with Crippen molar-refractivity contribution in [2.75, 3.05) is 31.1 Å². The number of carbonyl (C=O) groups is 1. The number of piperazine rings is 1. The lowest BCUT2D eigenvalue weighted by Crippen LogP contribution is -2.51. The largest absolute Gasteiger partial charge is 0.368 e. The number of hydrogen-bond acceptors (Lipinski definition) is 2. The van der Waals surface area contributed by atoms with Gasteiger partial charge in [-0.15, -0.1) is 0 Å². The Morgan fingerprint density at radius 1 is 1.13 bits per heavy atom. The number of aryl methyl sites for hydroxylation is 1. The fourth-order valence-electron chi connectivity index (χ4n) is 2.68. The van der Waals surface area contributed by atoms with Crippen LogP contribution in [-0.2, 0) is 0 Å². The number of nitrogens with zero attached hydrogens (tertiary/aromatic N) is 2. The van der Waals surface area contributed by atoms with E-state index in [1.54, 1.807) is 6.20 Å². The standard InChI is InChI=1S/C19H29N3O/c1-15-7-6-8-17(16(15)2)21-11-13-22(14-12-21)18(23)20-10-9-19(3,4)5/h6-10H,11-14H2,1-5H3,(H,20,23)/b10-9+. The summed E-state index contributed by atoms with van der Waals surface area (Å²) in [6, 6.07) is 6.41. The number of rotatable bonds is 2. The van der Waals surface area contributed by atoms with Gasteiger partial charge in [0.2, 0.25) is 0 Å². The van der Waals surface area contributed by atoms with Crippen LogP contribution in [0.5, 0.6) is 0 Å². The molecule has 1 aromatic rings. The first kappa shape index (κ1) is 17.4. The number of anilines is 1. The number of hydrogen-bond donors (Lipinski definition) is 1. The summed E-state index contributed by atoms with van der Waals surface area (Å²) >= 11 is 0. The molecule has 126 valence electrons. The highest BCUT2D eigenvalue weighted by Gasteiger charge is 2.21. The smallest absolute Gasteiger partial charge is 0.321 e. The van der Waals surface area contributed by atoms with E-state index in [-0.39, 0.29) is 11.4 Å². The summed E-state index contributed by atoms with van der Waals surface area (Å²) in [7, 11) is 0. The molecule has 1 heterocycles. The van der Waals surface area contributed by atoms with E-state index in [0.29, 0.717) is 0 Å². The summed E-state index contributed by atoms with van der Waals surface area (Å²) in [5.41, 5.74) is 4.01. The zero-order valence-electron chi connectivity index (χ0n) is 15.0. The van der Waals surface area contributed by atoms with E-state index in [4.69, 9.17) is 0 Å². The van der Waals surface area contributed by atoms with Crippen molar-refractivity contribution < 1.29 is 4.79 Å². The van der Waals surface area contributed by atoms with Crippen molar-refractivity contribution in [2.45, 2.75) is 34.6 Å². The highest BCUT2D eigenvalue weighted by Crippen LogP contribution is 2.23. The van der Waals surface area contributed by atoms with Gasteiger partial charge in [-0.2, -0.15) is 0 Å². The van der Waals surface area contributed by atoms with Crippen molar-refractivity contribution in [3.05, 3.63) is 41.6 Å². The molecule has 0 unspecified atom stereocenters. The fourth-order valence-corrected chi connectivity index (χ4v) is 2.68. The second kappa shape index (κ2) is 7.07. The number of carbonyl (C=O) groups excluding carboxylic acids is 1. The average molecular weight is 315 g/mol. The monoisotopic (exact) mass is 315 g/mol. The summed E-state index contributed by atoms with van der Waals surface area (Å²) in [4.78, 5) is 16.4. The molecule has 1 aliphatic rings. The van der Waals surface area contributed by atoms with Crippen LogP contribution in [-0.4, -0.2) is 37.1 Å². The van der Waals surface area contributed by atoms with Crippen LogP contribution in [0.15, 0.2) is 30.5 Å². The Morgan fingerprint density at radius 2 is 1.78 bits per heavy atom. The molecule has 2 rings (SSSR count). The predicted molar refractivity (Wildman–Crippen MR) is 96.8 cm³/mol. The molecule has 1 fully saturated rings. The highest BCUT2D eigenvalue weighted by atomic mass is 16.2. The van der Waals surface area contributed by atoms with E-state index in [1.165, 1.54) is 16.8 Å². The molecule has 0 spiro atoms. The number of amides is 2. The lowest BCUT2D eigenvalue weighted by atomic mass is 9.97. The molecule has 1 aliphatic heterocycles. The Morgan fingerprint density at radius 3 is 2.39 bits per heavy atom. The molecule has 1 saturated heterocycles. The molecule has 23 heavy (non-hydrogen) atoms. The van der Waals surface area contributed by atoms with Crippen LogP contribution in [0, 0.1) is 19.3 Å². The van der Waals surface area contributed by atoms with E-state index < -0.39 is 0 Å². The number of allylic oxidation sites excluding steroid dienone is 1. The molecule has 0 aromatic heterocycles. The van der Waals surface area contributed by atoms with E-state index in [0.717, 1.165) is 26.2 Å². The lowest BCUT2D eigenvalue weighted by Gasteiger charge is -2.36. The molecular formula is C19H29N3O. The summed E-state index contributed by atoms with van der Waals surface area (Å²) < 4.78 is 0. The zero-order chi connectivity index (χ0) is 17.0. The van der Waals surface area contributed by atoms with Crippen LogP contribution in [0.2, 0.25) is 0 Å². The minimum absolute atomic E-state index is 0.00823. The molecule has 2 amide bonds. The van der Waals surface area contributed by atoms with Crippen LogP contribution in [0.1, 0.15) is 31.9 Å². The Labute approximate surface area is 140 Å². The van der Waals surface area contributed by atoms with Crippen molar-refractivity contribution in [3.63, 3.8) is 0 Å². The third kappa shape index (κ3) is 4.75. The summed E-state index contributed by atoms with van der Waals surface area (Å²) in [5, 5.41) is 2.87. The maximum atomic E-state index is 12.2. The Kier molecular flexibility index (Phi) is 5.34. The molecule has 4 nitrogen and oxygen atoms in total. The van der Waals surface area contributed by atoms with Gasteiger partial charge >= 0.3 is 6.03 Å². The average Bonchev–Trinajstić information content (AvgIpc) is 2.49. The van der Waals surface area contributed by atoms with Crippen LogP contribution >= 0.6 is 0 Å². The van der Waals surface area contributed by atoms with Gasteiger partial charge in [-0.1, -0.05) is 39.0 Å². The van der Waals surface area contributed by atoms with Crippen LogP contribution < -0.4 is 10.2 Å². The molecule has 0 aliphatic carbocycles. The summed E-state index contributed by atoms with van der Waals surface area (Å²) in [5.74, 6) is 0. The lowest BCUT2D eigenvalue weighted by molar-refractivity contribution is 0.198. The minimum Gasteiger partial charge on any atom is -0.368 e. The second-order valence-electron chi connectivity index (χ2n) is 7.34. The van der Waals surface area contributed by atoms with Crippen molar-refractivity contribution >= 4 is 11.7 Å². The molecule has 0 atom stereocenters. The predicted octanol–water partition coefficient (Wildman–Crippen LogP) is 3.69. The Bertz CT molecular complexity index is 579. The topological polar surface area (TPSA) is 35.6 Å². The molecule has 0 radical (unpaired) electrons. The van der Waals surface area contributed by atoms with Crippen molar-refractivity contribution in [2.24, 2.45) is 5.41 Å². The normalized spacial score (nSPS) is 16.0. The number of urea groups is 1. The van der Waals surface area contributed by atoms with Gasteiger partial charge in [-0.25, -0.2) is 4.79 Å². The first-order valence-electron chi connectivity index (χ1n) is 8.32. The maximum Gasteiger partial charge on any atom is 0.321 e. The number of benzene rings is 1. The third-order valence-electron chi connectivity index (χ3n) is 4.27. The molecule has 0 bridgehead atoms. The van der Waals surface area contributed by atoms with Gasteiger partial charge in [0.15, 0.2) is 0 Å². The molecule has 1 N–H and O–H groups in total. The van der Waals surface area contributed by atoms with Crippen molar-refractivity contribution in [3.8, 4) is 0 Å². The van der Waals surface area contributed by atoms with E-state index in [9.17, 15) is 4.79 Å². The maximum absolute atomic E-state index is 12.2. The zero-order valence-corrected chi connectivity index (χ0v) is 15.0. The highest BCUT2D eigenvalue weighted by molar-refractivity contribution is 5.75. The molecule has 4 heteroatoms. The van der Waals surface area contributed by atoms with Gasteiger partial charge in [0.1, 0.15) is 0 Å². The molecule has 1 aromatic carbocycles. The van der Waals surface area contributed by atoms with Gasteiger partial charge in [-0.05, 0) is 36.5 Å². The second-order valence-corrected chi connectivity index (χ2v) is 7.34. The Balaban J connectivity index is 1.90. The van der Waals surface area contributed by atoms with Gasteiger partial charge in [0, 0.05) is 38.1 Å². The Hall–Kier alpha value is -1.97. The van der Waals surface area contributed by atoms with Crippen LogP contribution in [0.3, 0.4) is 0 Å².